The van der Waals surface area contributed by atoms with Crippen molar-refractivity contribution in [1.82, 2.24) is 5.32 Å². The van der Waals surface area contributed by atoms with Crippen LogP contribution >= 0.6 is 11.3 Å². The summed E-state index contributed by atoms with van der Waals surface area (Å²) in [5.41, 5.74) is 1.45. The van der Waals surface area contributed by atoms with Crippen molar-refractivity contribution < 1.29 is 4.74 Å². The molecule has 0 aromatic carbocycles. The molecular weight excluding hydrogens is 194 g/mol. The maximum Gasteiger partial charge on any atom is 0.0665 e. The highest BCUT2D eigenvalue weighted by Crippen LogP contribution is 2.27. The van der Waals surface area contributed by atoms with Crippen LogP contribution in [0.15, 0.2) is 11.4 Å². The first-order chi connectivity index (χ1) is 6.77. The lowest BCUT2D eigenvalue weighted by Crippen LogP contribution is -2.32. The smallest absolute Gasteiger partial charge is 0.0665 e. The zero-order chi connectivity index (χ0) is 9.97. The van der Waals surface area contributed by atoms with E-state index < -0.39 is 0 Å². The van der Waals surface area contributed by atoms with Crippen LogP contribution in [-0.4, -0.2) is 19.3 Å². The van der Waals surface area contributed by atoms with E-state index in [4.69, 9.17) is 4.74 Å². The minimum Gasteiger partial charge on any atom is -0.377 e. The number of fused-ring (bicyclic) bond motifs is 1. The Kier molecular flexibility index (Phi) is 3.21. The van der Waals surface area contributed by atoms with Crippen molar-refractivity contribution in [1.29, 1.82) is 0 Å². The van der Waals surface area contributed by atoms with E-state index in [-0.39, 0.29) is 0 Å². The molecule has 0 bridgehead atoms. The van der Waals surface area contributed by atoms with Crippen molar-refractivity contribution in [2.24, 2.45) is 0 Å². The molecule has 78 valence electrons. The van der Waals surface area contributed by atoms with Crippen LogP contribution in [0, 0.1) is 0 Å². The molecule has 14 heavy (non-hydrogen) atoms. The molecule has 0 amide bonds. The van der Waals surface area contributed by atoms with Crippen LogP contribution in [0.4, 0.5) is 0 Å². The number of rotatable bonds is 3. The molecule has 1 N–H and O–H groups in total. The topological polar surface area (TPSA) is 21.3 Å². The Hall–Kier alpha value is -0.380. The van der Waals surface area contributed by atoms with Gasteiger partial charge in [-0.3, -0.25) is 0 Å². The number of ether oxygens (including phenoxy) is 1. The van der Waals surface area contributed by atoms with Gasteiger partial charge >= 0.3 is 0 Å². The largest absolute Gasteiger partial charge is 0.377 e. The molecular formula is C11H17NOS. The van der Waals surface area contributed by atoms with Gasteiger partial charge in [-0.2, -0.15) is 0 Å². The predicted molar refractivity (Wildman–Crippen MR) is 59.9 cm³/mol. The summed E-state index contributed by atoms with van der Waals surface area (Å²) in [6.07, 6.45) is 1.49. The van der Waals surface area contributed by atoms with Gasteiger partial charge in [0.1, 0.15) is 0 Å². The van der Waals surface area contributed by atoms with Crippen LogP contribution < -0.4 is 5.32 Å². The van der Waals surface area contributed by atoms with E-state index in [1.165, 1.54) is 16.9 Å². The molecule has 0 saturated heterocycles. The molecule has 1 aromatic rings. The Labute approximate surface area is 89.3 Å². The third-order valence-electron chi connectivity index (χ3n) is 2.49. The van der Waals surface area contributed by atoms with Crippen molar-refractivity contribution in [3.8, 4) is 0 Å². The van der Waals surface area contributed by atoms with Crippen molar-refractivity contribution in [3.05, 3.63) is 21.9 Å². The van der Waals surface area contributed by atoms with Gasteiger partial charge in [-0.15, -0.1) is 11.3 Å². The fraction of sp³-hybridized carbons (Fsp3) is 0.636. The molecule has 0 radical (unpaired) electrons. The molecule has 1 aliphatic rings. The summed E-state index contributed by atoms with van der Waals surface area (Å²) >= 11 is 1.87. The Balaban J connectivity index is 2.01. The van der Waals surface area contributed by atoms with E-state index in [9.17, 15) is 0 Å². The van der Waals surface area contributed by atoms with Gasteiger partial charge in [0.2, 0.25) is 0 Å². The molecule has 2 nitrogen and oxygen atoms in total. The monoisotopic (exact) mass is 211 g/mol. The molecule has 3 heteroatoms. The first-order valence-electron chi connectivity index (χ1n) is 5.18. The fourth-order valence-electron chi connectivity index (χ4n) is 1.77. The lowest BCUT2D eigenvalue weighted by atomic mass is 10.0. The predicted octanol–water partition coefficient (Wildman–Crippen LogP) is 2.36. The first-order valence-corrected chi connectivity index (χ1v) is 6.06. The maximum absolute atomic E-state index is 5.65. The van der Waals surface area contributed by atoms with E-state index in [0.29, 0.717) is 12.1 Å². The number of hydrogen-bond donors (Lipinski definition) is 1. The summed E-state index contributed by atoms with van der Waals surface area (Å²) in [5, 5.41) is 5.68. The Morgan fingerprint density at radius 2 is 2.50 bits per heavy atom. The highest BCUT2D eigenvalue weighted by atomic mass is 32.1. The van der Waals surface area contributed by atoms with Crippen LogP contribution in [0.1, 0.15) is 30.3 Å². The van der Waals surface area contributed by atoms with E-state index in [1.54, 1.807) is 0 Å². The Morgan fingerprint density at radius 1 is 1.64 bits per heavy atom. The Morgan fingerprint density at radius 3 is 3.29 bits per heavy atom. The summed E-state index contributed by atoms with van der Waals surface area (Å²) in [6.45, 7) is 6.04. The summed E-state index contributed by atoms with van der Waals surface area (Å²) in [5.74, 6) is 0. The van der Waals surface area contributed by atoms with Crippen molar-refractivity contribution in [3.63, 3.8) is 0 Å². The molecule has 1 aromatic heterocycles. The number of thiophene rings is 1. The maximum atomic E-state index is 5.65. The average Bonchev–Trinajstić information content (AvgIpc) is 2.62. The molecule has 2 rings (SSSR count). The van der Waals surface area contributed by atoms with Crippen LogP contribution in [0.2, 0.25) is 0 Å². The van der Waals surface area contributed by atoms with E-state index in [0.717, 1.165) is 13.2 Å². The highest BCUT2D eigenvalue weighted by Gasteiger charge is 2.20. The van der Waals surface area contributed by atoms with Gasteiger partial charge < -0.3 is 10.1 Å². The summed E-state index contributed by atoms with van der Waals surface area (Å²) in [4.78, 5) is 1.53. The third kappa shape index (κ3) is 2.16. The fourth-order valence-corrected chi connectivity index (χ4v) is 2.72. The van der Waals surface area contributed by atoms with E-state index in [1.807, 2.05) is 11.3 Å². The molecule has 1 atom stereocenters. The zero-order valence-electron chi connectivity index (χ0n) is 8.75. The minimum atomic E-state index is 0.320. The van der Waals surface area contributed by atoms with Crippen molar-refractivity contribution in [2.45, 2.75) is 32.4 Å². The average molecular weight is 211 g/mol. The van der Waals surface area contributed by atoms with E-state index in [2.05, 4.69) is 30.6 Å². The highest BCUT2D eigenvalue weighted by molar-refractivity contribution is 7.10. The van der Waals surface area contributed by atoms with Gasteiger partial charge in [-0.25, -0.2) is 0 Å². The lowest BCUT2D eigenvalue weighted by molar-refractivity contribution is 0.0600. The second-order valence-electron chi connectivity index (χ2n) is 3.94. The lowest BCUT2D eigenvalue weighted by Gasteiger charge is -2.24. The quantitative estimate of drug-likeness (QED) is 0.828. The van der Waals surface area contributed by atoms with Crippen molar-refractivity contribution in [2.75, 3.05) is 13.2 Å². The van der Waals surface area contributed by atoms with Gasteiger partial charge in [0, 0.05) is 11.4 Å². The summed E-state index contributed by atoms with van der Waals surface area (Å²) < 4.78 is 5.65. The second kappa shape index (κ2) is 4.43. The molecule has 0 fully saturated rings. The van der Waals surface area contributed by atoms with Crippen LogP contribution in [-0.2, 0) is 11.2 Å². The SMILES string of the molecule is CC(C)OCC1NCCc2sccc21. The zero-order valence-corrected chi connectivity index (χ0v) is 9.56. The molecule has 0 saturated carbocycles. The van der Waals surface area contributed by atoms with Gasteiger partial charge in [-0.1, -0.05) is 0 Å². The van der Waals surface area contributed by atoms with Crippen LogP contribution in [0.25, 0.3) is 0 Å². The second-order valence-corrected chi connectivity index (χ2v) is 4.94. The number of nitrogens with one attached hydrogen (secondary N) is 1. The van der Waals surface area contributed by atoms with E-state index >= 15 is 0 Å². The summed E-state index contributed by atoms with van der Waals surface area (Å²) in [7, 11) is 0. The standard InChI is InChI=1S/C11H17NOS/c1-8(2)13-7-10-9-4-6-14-11(9)3-5-12-10/h4,6,8,10,12H,3,5,7H2,1-2H3. The Bertz CT molecular complexity index is 295. The van der Waals surface area contributed by atoms with Gasteiger partial charge in [0.05, 0.1) is 18.8 Å². The molecule has 1 unspecified atom stereocenters. The van der Waals surface area contributed by atoms with Gasteiger partial charge in [0.25, 0.3) is 0 Å². The molecule has 0 aliphatic carbocycles. The van der Waals surface area contributed by atoms with Gasteiger partial charge in [-0.05, 0) is 37.3 Å². The molecule has 0 spiro atoms. The molecule has 1 aliphatic heterocycles. The van der Waals surface area contributed by atoms with Gasteiger partial charge in [0.15, 0.2) is 0 Å². The first kappa shape index (κ1) is 10.1. The normalized spacial score (nSPS) is 21.2. The third-order valence-corrected chi connectivity index (χ3v) is 3.49. The summed E-state index contributed by atoms with van der Waals surface area (Å²) in [6, 6.07) is 2.63. The molecule has 2 heterocycles. The van der Waals surface area contributed by atoms with Crippen LogP contribution in [0.3, 0.4) is 0 Å². The van der Waals surface area contributed by atoms with Crippen molar-refractivity contribution >= 4 is 11.3 Å². The van der Waals surface area contributed by atoms with Crippen LogP contribution in [0.5, 0.6) is 0 Å². The number of hydrogen-bond acceptors (Lipinski definition) is 3. The minimum absolute atomic E-state index is 0.320.